The predicted molar refractivity (Wildman–Crippen MR) is 94.9 cm³/mol. The molecule has 0 aliphatic rings. The van der Waals surface area contributed by atoms with Crippen LogP contribution in [0, 0.1) is 0 Å². The lowest BCUT2D eigenvalue weighted by Gasteiger charge is -2.11. The van der Waals surface area contributed by atoms with Crippen molar-refractivity contribution in [3.8, 4) is 16.9 Å². The number of pyridine rings is 1. The van der Waals surface area contributed by atoms with Gasteiger partial charge >= 0.3 is 0 Å². The molecule has 4 rings (SSSR count). The summed E-state index contributed by atoms with van der Waals surface area (Å²) in [7, 11) is 0. The minimum atomic E-state index is -0.504. The Bertz CT molecular complexity index is 1000. The van der Waals surface area contributed by atoms with E-state index >= 15 is 0 Å². The van der Waals surface area contributed by atoms with E-state index < -0.39 is 6.10 Å². The summed E-state index contributed by atoms with van der Waals surface area (Å²) >= 11 is 1.64. The first-order valence-corrected chi connectivity index (χ1v) is 8.29. The standard InChI is InChI=1S/C19H15NO2S/c1-11(21)12-2-4-13(5-3-12)18-16(22)7-6-15-19(18)14-8-9-23-17(14)10-20-15/h2-11,21-22H,1H3. The van der Waals surface area contributed by atoms with E-state index in [0.29, 0.717) is 0 Å². The molecule has 2 N–H and O–H groups in total. The second-order valence-electron chi connectivity index (χ2n) is 5.61. The van der Waals surface area contributed by atoms with E-state index in [-0.39, 0.29) is 5.75 Å². The van der Waals surface area contributed by atoms with Crippen LogP contribution in [0.4, 0.5) is 0 Å². The van der Waals surface area contributed by atoms with Crippen molar-refractivity contribution >= 4 is 32.3 Å². The number of fused-ring (bicyclic) bond motifs is 3. The quantitative estimate of drug-likeness (QED) is 0.553. The number of aromatic hydroxyl groups is 1. The maximum atomic E-state index is 10.5. The third-order valence-electron chi connectivity index (χ3n) is 4.13. The Hall–Kier alpha value is -2.43. The van der Waals surface area contributed by atoms with Crippen LogP contribution in [0.15, 0.2) is 54.0 Å². The van der Waals surface area contributed by atoms with Crippen LogP contribution in [-0.2, 0) is 0 Å². The van der Waals surface area contributed by atoms with Gasteiger partial charge in [0.15, 0.2) is 0 Å². The van der Waals surface area contributed by atoms with Gasteiger partial charge in [-0.2, -0.15) is 0 Å². The largest absolute Gasteiger partial charge is 0.507 e. The molecule has 0 aliphatic carbocycles. The van der Waals surface area contributed by atoms with Crippen LogP contribution in [0.25, 0.3) is 32.1 Å². The highest BCUT2D eigenvalue weighted by atomic mass is 32.1. The van der Waals surface area contributed by atoms with E-state index in [1.807, 2.05) is 41.9 Å². The summed E-state index contributed by atoms with van der Waals surface area (Å²) in [5, 5.41) is 24.2. The fourth-order valence-electron chi connectivity index (χ4n) is 2.94. The van der Waals surface area contributed by atoms with Gasteiger partial charge in [-0.3, -0.25) is 4.98 Å². The Balaban J connectivity index is 2.05. The van der Waals surface area contributed by atoms with E-state index in [0.717, 1.165) is 37.7 Å². The number of aliphatic hydroxyl groups is 1. The Morgan fingerprint density at radius 2 is 1.83 bits per heavy atom. The molecule has 0 saturated carbocycles. The summed E-state index contributed by atoms with van der Waals surface area (Å²) in [6.07, 6.45) is 1.37. The molecule has 2 aromatic heterocycles. The van der Waals surface area contributed by atoms with Crippen molar-refractivity contribution in [2.45, 2.75) is 13.0 Å². The van der Waals surface area contributed by atoms with Crippen LogP contribution in [0.2, 0.25) is 0 Å². The van der Waals surface area contributed by atoms with E-state index in [1.54, 1.807) is 24.3 Å². The first-order chi connectivity index (χ1) is 11.1. The molecule has 0 spiro atoms. The normalized spacial score (nSPS) is 12.8. The van der Waals surface area contributed by atoms with Crippen LogP contribution < -0.4 is 0 Å². The minimum Gasteiger partial charge on any atom is -0.507 e. The first-order valence-electron chi connectivity index (χ1n) is 7.41. The van der Waals surface area contributed by atoms with Gasteiger partial charge in [-0.15, -0.1) is 11.3 Å². The number of thiophene rings is 1. The number of phenols is 1. The molecule has 4 aromatic rings. The molecule has 0 amide bonds. The summed E-state index contributed by atoms with van der Waals surface area (Å²) in [5.74, 6) is 0.239. The fourth-order valence-corrected chi connectivity index (χ4v) is 3.70. The molecule has 114 valence electrons. The lowest BCUT2D eigenvalue weighted by atomic mass is 9.96. The Kier molecular flexibility index (Phi) is 3.29. The molecular weight excluding hydrogens is 306 g/mol. The minimum absolute atomic E-state index is 0.239. The molecule has 1 unspecified atom stereocenters. The Morgan fingerprint density at radius 1 is 1.04 bits per heavy atom. The van der Waals surface area contributed by atoms with Crippen LogP contribution in [0.3, 0.4) is 0 Å². The molecule has 1 atom stereocenters. The van der Waals surface area contributed by atoms with Crippen molar-refractivity contribution in [3.05, 3.63) is 59.6 Å². The number of hydrogen-bond acceptors (Lipinski definition) is 4. The molecule has 0 radical (unpaired) electrons. The van der Waals surface area contributed by atoms with E-state index in [2.05, 4.69) is 11.1 Å². The molecule has 2 heterocycles. The highest BCUT2D eigenvalue weighted by Crippen LogP contribution is 2.40. The summed E-state index contributed by atoms with van der Waals surface area (Å²) in [5.41, 5.74) is 3.42. The van der Waals surface area contributed by atoms with Gasteiger partial charge in [-0.1, -0.05) is 24.3 Å². The zero-order chi connectivity index (χ0) is 16.0. The zero-order valence-corrected chi connectivity index (χ0v) is 13.3. The Labute approximate surface area is 137 Å². The SMILES string of the molecule is CC(O)c1ccc(-c2c(O)ccc3ncc4sccc4c23)cc1. The number of benzene rings is 2. The third kappa shape index (κ3) is 2.27. The molecule has 3 nitrogen and oxygen atoms in total. The zero-order valence-electron chi connectivity index (χ0n) is 12.5. The summed E-state index contributed by atoms with van der Waals surface area (Å²) < 4.78 is 1.10. The van der Waals surface area contributed by atoms with Gasteiger partial charge in [0.25, 0.3) is 0 Å². The van der Waals surface area contributed by atoms with Crippen LogP contribution >= 0.6 is 11.3 Å². The molecular formula is C19H15NO2S. The topological polar surface area (TPSA) is 53.4 Å². The van der Waals surface area contributed by atoms with Gasteiger partial charge < -0.3 is 10.2 Å². The maximum Gasteiger partial charge on any atom is 0.124 e. The number of hydrogen-bond donors (Lipinski definition) is 2. The highest BCUT2D eigenvalue weighted by molar-refractivity contribution is 7.17. The van der Waals surface area contributed by atoms with Crippen LogP contribution in [-0.4, -0.2) is 15.2 Å². The number of nitrogens with zero attached hydrogens (tertiary/aromatic N) is 1. The molecule has 2 aromatic carbocycles. The fraction of sp³-hybridized carbons (Fsp3) is 0.105. The van der Waals surface area contributed by atoms with E-state index in [9.17, 15) is 10.2 Å². The van der Waals surface area contributed by atoms with Crippen molar-refractivity contribution in [3.63, 3.8) is 0 Å². The van der Waals surface area contributed by atoms with Crippen molar-refractivity contribution < 1.29 is 10.2 Å². The first kappa shape index (κ1) is 14.2. The smallest absolute Gasteiger partial charge is 0.124 e. The molecule has 4 heteroatoms. The summed E-state index contributed by atoms with van der Waals surface area (Å²) in [6.45, 7) is 1.74. The van der Waals surface area contributed by atoms with E-state index in [4.69, 9.17) is 0 Å². The second-order valence-corrected chi connectivity index (χ2v) is 6.56. The lowest BCUT2D eigenvalue weighted by Crippen LogP contribution is -1.91. The number of phenolic OH excluding ortho intramolecular Hbond substituents is 1. The average molecular weight is 321 g/mol. The van der Waals surface area contributed by atoms with Gasteiger partial charge in [-0.25, -0.2) is 0 Å². The van der Waals surface area contributed by atoms with Gasteiger partial charge in [0, 0.05) is 22.5 Å². The van der Waals surface area contributed by atoms with Crippen molar-refractivity contribution in [1.29, 1.82) is 0 Å². The molecule has 0 aliphatic heterocycles. The van der Waals surface area contributed by atoms with Gasteiger partial charge in [0.05, 0.1) is 16.3 Å². The van der Waals surface area contributed by atoms with Crippen molar-refractivity contribution in [1.82, 2.24) is 4.98 Å². The Morgan fingerprint density at radius 3 is 2.57 bits per heavy atom. The van der Waals surface area contributed by atoms with E-state index in [1.165, 1.54) is 0 Å². The van der Waals surface area contributed by atoms with Gasteiger partial charge in [0.2, 0.25) is 0 Å². The summed E-state index contributed by atoms with van der Waals surface area (Å²) in [6, 6.07) is 13.2. The molecule has 0 fully saturated rings. The molecule has 23 heavy (non-hydrogen) atoms. The van der Waals surface area contributed by atoms with Gasteiger partial charge in [-0.05, 0) is 41.6 Å². The lowest BCUT2D eigenvalue weighted by molar-refractivity contribution is 0.199. The third-order valence-corrected chi connectivity index (χ3v) is 4.98. The van der Waals surface area contributed by atoms with Gasteiger partial charge in [0.1, 0.15) is 5.75 Å². The number of aromatic nitrogens is 1. The highest BCUT2D eigenvalue weighted by Gasteiger charge is 2.14. The maximum absolute atomic E-state index is 10.5. The predicted octanol–water partition coefficient (Wildman–Crippen LogP) is 4.88. The molecule has 0 saturated heterocycles. The summed E-state index contributed by atoms with van der Waals surface area (Å²) in [4.78, 5) is 4.51. The number of rotatable bonds is 2. The average Bonchev–Trinajstić information content (AvgIpc) is 3.03. The van der Waals surface area contributed by atoms with Crippen LogP contribution in [0.1, 0.15) is 18.6 Å². The van der Waals surface area contributed by atoms with Crippen molar-refractivity contribution in [2.75, 3.05) is 0 Å². The number of aliphatic hydroxyl groups excluding tert-OH is 1. The van der Waals surface area contributed by atoms with Crippen molar-refractivity contribution in [2.24, 2.45) is 0 Å². The second kappa shape index (κ2) is 5.33. The monoisotopic (exact) mass is 321 g/mol. The molecule has 0 bridgehead atoms. The van der Waals surface area contributed by atoms with Crippen LogP contribution in [0.5, 0.6) is 5.75 Å².